The Morgan fingerprint density at radius 1 is 0.579 bits per heavy atom. The Morgan fingerprint density at radius 2 is 1.00 bits per heavy atom. The van der Waals surface area contributed by atoms with Crippen molar-refractivity contribution in [2.24, 2.45) is 0 Å². The van der Waals surface area contributed by atoms with Gasteiger partial charge < -0.3 is 16.0 Å². The Labute approximate surface area is 119 Å². The Bertz CT molecular complexity index is 186. The summed E-state index contributed by atoms with van der Waals surface area (Å²) in [6, 6.07) is 1.66. The van der Waals surface area contributed by atoms with Crippen molar-refractivity contribution in [3.8, 4) is 0 Å². The normalized spacial score (nSPS) is 21.5. The molecule has 0 bridgehead atoms. The van der Waals surface area contributed by atoms with E-state index in [4.69, 9.17) is 0 Å². The van der Waals surface area contributed by atoms with Crippen LogP contribution >= 0.6 is 0 Å². The third kappa shape index (κ3) is 6.73. The molecule has 0 atom stereocenters. The summed E-state index contributed by atoms with van der Waals surface area (Å²) in [5.41, 5.74) is 0. The molecule has 0 heterocycles. The zero-order valence-corrected chi connectivity index (χ0v) is 12.6. The van der Waals surface area contributed by atoms with E-state index in [0.717, 1.165) is 12.1 Å². The zero-order valence-electron chi connectivity index (χ0n) is 12.6. The summed E-state index contributed by atoms with van der Waals surface area (Å²) in [6.45, 7) is 4.72. The predicted molar refractivity (Wildman–Crippen MR) is 82.6 cm³/mol. The van der Waals surface area contributed by atoms with Crippen LogP contribution in [0.25, 0.3) is 0 Å². The van der Waals surface area contributed by atoms with Crippen LogP contribution in [0, 0.1) is 0 Å². The van der Waals surface area contributed by atoms with E-state index in [1.807, 2.05) is 0 Å². The molecule has 0 aromatic heterocycles. The second-order valence-corrected chi connectivity index (χ2v) is 6.33. The molecule has 2 aliphatic rings. The molecule has 0 saturated heterocycles. The van der Waals surface area contributed by atoms with Crippen LogP contribution in [0.3, 0.4) is 0 Å². The van der Waals surface area contributed by atoms with Crippen LogP contribution in [-0.2, 0) is 0 Å². The SMILES string of the molecule is C(CNCCCNC1CCCC1)CNC1CCCC1. The summed E-state index contributed by atoms with van der Waals surface area (Å²) >= 11 is 0. The fraction of sp³-hybridized carbons (Fsp3) is 1.00. The molecule has 19 heavy (non-hydrogen) atoms. The predicted octanol–water partition coefficient (Wildman–Crippen LogP) is 2.42. The monoisotopic (exact) mass is 267 g/mol. The summed E-state index contributed by atoms with van der Waals surface area (Å²) in [7, 11) is 0. The highest BCUT2D eigenvalue weighted by Crippen LogP contribution is 2.17. The number of hydrogen-bond donors (Lipinski definition) is 3. The first-order chi connectivity index (χ1) is 9.45. The van der Waals surface area contributed by atoms with Gasteiger partial charge in [0.25, 0.3) is 0 Å². The van der Waals surface area contributed by atoms with Crippen LogP contribution in [0.4, 0.5) is 0 Å². The summed E-state index contributed by atoms with van der Waals surface area (Å²) in [4.78, 5) is 0. The third-order valence-electron chi connectivity index (χ3n) is 4.64. The van der Waals surface area contributed by atoms with Crippen molar-refractivity contribution in [3.05, 3.63) is 0 Å². The van der Waals surface area contributed by atoms with Gasteiger partial charge in [0.15, 0.2) is 0 Å². The Balaban J connectivity index is 1.28. The van der Waals surface area contributed by atoms with Crippen LogP contribution in [0.1, 0.15) is 64.2 Å². The number of rotatable bonds is 10. The lowest BCUT2D eigenvalue weighted by Gasteiger charge is -2.13. The van der Waals surface area contributed by atoms with Gasteiger partial charge in [-0.15, -0.1) is 0 Å². The minimum Gasteiger partial charge on any atom is -0.317 e. The molecule has 0 aromatic carbocycles. The van der Waals surface area contributed by atoms with E-state index in [1.165, 1.54) is 90.4 Å². The van der Waals surface area contributed by atoms with Gasteiger partial charge in [-0.25, -0.2) is 0 Å². The van der Waals surface area contributed by atoms with Crippen LogP contribution in [0.2, 0.25) is 0 Å². The zero-order chi connectivity index (χ0) is 13.2. The van der Waals surface area contributed by atoms with Crippen LogP contribution < -0.4 is 16.0 Å². The van der Waals surface area contributed by atoms with E-state index in [0.29, 0.717) is 0 Å². The van der Waals surface area contributed by atoms with E-state index in [1.54, 1.807) is 0 Å². The Morgan fingerprint density at radius 3 is 1.42 bits per heavy atom. The van der Waals surface area contributed by atoms with Crippen LogP contribution in [0.5, 0.6) is 0 Å². The van der Waals surface area contributed by atoms with Crippen molar-refractivity contribution < 1.29 is 0 Å². The minimum absolute atomic E-state index is 0.829. The molecule has 0 aliphatic heterocycles. The fourth-order valence-corrected chi connectivity index (χ4v) is 3.42. The smallest absolute Gasteiger partial charge is 0.00670 e. The van der Waals surface area contributed by atoms with Crippen molar-refractivity contribution in [1.82, 2.24) is 16.0 Å². The molecule has 2 fully saturated rings. The van der Waals surface area contributed by atoms with E-state index in [2.05, 4.69) is 16.0 Å². The largest absolute Gasteiger partial charge is 0.317 e. The first kappa shape index (κ1) is 15.3. The van der Waals surface area contributed by atoms with Gasteiger partial charge in [0.05, 0.1) is 0 Å². The Hall–Kier alpha value is -0.120. The van der Waals surface area contributed by atoms with Gasteiger partial charge in [-0.05, 0) is 64.7 Å². The van der Waals surface area contributed by atoms with Gasteiger partial charge in [0.1, 0.15) is 0 Å². The van der Waals surface area contributed by atoms with E-state index >= 15 is 0 Å². The average Bonchev–Trinajstić information content (AvgIpc) is 3.10. The molecule has 2 rings (SSSR count). The van der Waals surface area contributed by atoms with E-state index in [-0.39, 0.29) is 0 Å². The molecule has 2 saturated carbocycles. The van der Waals surface area contributed by atoms with Crippen molar-refractivity contribution in [1.29, 1.82) is 0 Å². The molecule has 3 heteroatoms. The molecule has 112 valence electrons. The maximum atomic E-state index is 3.67. The van der Waals surface area contributed by atoms with Gasteiger partial charge in [-0.1, -0.05) is 25.7 Å². The lowest BCUT2D eigenvalue weighted by molar-refractivity contribution is 0.488. The standard InChI is InChI=1S/C16H33N3/c1-2-8-15(7-1)18-13-5-11-17-12-6-14-19-16-9-3-4-10-16/h15-19H,1-14H2. The maximum absolute atomic E-state index is 3.67. The molecular weight excluding hydrogens is 234 g/mol. The van der Waals surface area contributed by atoms with Gasteiger partial charge in [0, 0.05) is 12.1 Å². The lowest BCUT2D eigenvalue weighted by atomic mass is 10.2. The highest BCUT2D eigenvalue weighted by atomic mass is 14.9. The third-order valence-corrected chi connectivity index (χ3v) is 4.64. The van der Waals surface area contributed by atoms with Gasteiger partial charge in [-0.3, -0.25) is 0 Å². The molecule has 0 radical (unpaired) electrons. The summed E-state index contributed by atoms with van der Waals surface area (Å²) in [6.07, 6.45) is 13.9. The van der Waals surface area contributed by atoms with Gasteiger partial charge >= 0.3 is 0 Å². The van der Waals surface area contributed by atoms with Gasteiger partial charge in [0.2, 0.25) is 0 Å². The molecule has 3 N–H and O–H groups in total. The first-order valence-electron chi connectivity index (χ1n) is 8.62. The van der Waals surface area contributed by atoms with Crippen molar-refractivity contribution in [2.75, 3.05) is 26.2 Å². The topological polar surface area (TPSA) is 36.1 Å². The number of hydrogen-bond acceptors (Lipinski definition) is 3. The van der Waals surface area contributed by atoms with Crippen molar-refractivity contribution >= 4 is 0 Å². The molecule has 2 aliphatic carbocycles. The molecule has 0 unspecified atom stereocenters. The second-order valence-electron chi connectivity index (χ2n) is 6.33. The molecular formula is C16H33N3. The average molecular weight is 267 g/mol. The molecule has 0 aromatic rings. The Kier molecular flexibility index (Phi) is 7.82. The summed E-state index contributed by atoms with van der Waals surface area (Å²) < 4.78 is 0. The number of nitrogens with one attached hydrogen (secondary N) is 3. The second kappa shape index (κ2) is 9.73. The van der Waals surface area contributed by atoms with Crippen LogP contribution in [0.15, 0.2) is 0 Å². The fourth-order valence-electron chi connectivity index (χ4n) is 3.42. The minimum atomic E-state index is 0.829. The summed E-state index contributed by atoms with van der Waals surface area (Å²) in [5, 5.41) is 10.9. The highest BCUT2D eigenvalue weighted by Gasteiger charge is 2.13. The van der Waals surface area contributed by atoms with E-state index in [9.17, 15) is 0 Å². The lowest BCUT2D eigenvalue weighted by Crippen LogP contribution is -2.31. The summed E-state index contributed by atoms with van der Waals surface area (Å²) in [5.74, 6) is 0. The maximum Gasteiger partial charge on any atom is 0.00670 e. The van der Waals surface area contributed by atoms with Gasteiger partial charge in [-0.2, -0.15) is 0 Å². The van der Waals surface area contributed by atoms with Crippen molar-refractivity contribution in [3.63, 3.8) is 0 Å². The quantitative estimate of drug-likeness (QED) is 0.532. The van der Waals surface area contributed by atoms with Crippen LogP contribution in [-0.4, -0.2) is 38.3 Å². The first-order valence-corrected chi connectivity index (χ1v) is 8.62. The highest BCUT2D eigenvalue weighted by molar-refractivity contribution is 4.74. The molecule has 0 spiro atoms. The van der Waals surface area contributed by atoms with E-state index < -0.39 is 0 Å². The molecule has 0 amide bonds. The molecule has 3 nitrogen and oxygen atoms in total. The van der Waals surface area contributed by atoms with Crippen molar-refractivity contribution in [2.45, 2.75) is 76.3 Å².